The Hall–Kier alpha value is -3.45. The minimum atomic E-state index is -0.332. The Morgan fingerprint density at radius 3 is 2.36 bits per heavy atom. The molecular weight excluding hydrogens is 437 g/mol. The monoisotopic (exact) mass is 465 g/mol. The molecule has 0 unspecified atom stereocenters. The molecule has 0 saturated carbocycles. The normalized spacial score (nSPS) is 10.5. The van der Waals surface area contributed by atoms with E-state index in [1.165, 1.54) is 17.0 Å². The van der Waals surface area contributed by atoms with Gasteiger partial charge in [0, 0.05) is 24.5 Å². The number of rotatable bonds is 10. The van der Waals surface area contributed by atoms with E-state index in [4.69, 9.17) is 0 Å². The van der Waals surface area contributed by atoms with Crippen molar-refractivity contribution >= 4 is 23.3 Å². The number of thiophene rings is 1. The van der Waals surface area contributed by atoms with Crippen molar-refractivity contribution in [2.24, 2.45) is 0 Å². The van der Waals surface area contributed by atoms with Crippen LogP contribution >= 0.6 is 11.3 Å². The molecule has 0 spiro atoms. The highest BCUT2D eigenvalue weighted by atomic mass is 32.1. The molecule has 2 aromatic carbocycles. The third kappa shape index (κ3) is 7.29. The van der Waals surface area contributed by atoms with Gasteiger partial charge in [-0.3, -0.25) is 4.79 Å². The number of halogens is 1. The van der Waals surface area contributed by atoms with E-state index in [0.29, 0.717) is 19.6 Å². The lowest BCUT2D eigenvalue weighted by atomic mass is 10.2. The number of benzene rings is 2. The number of amides is 3. The molecule has 3 amide bonds. The van der Waals surface area contributed by atoms with E-state index < -0.39 is 0 Å². The van der Waals surface area contributed by atoms with E-state index in [1.54, 1.807) is 34.4 Å². The molecule has 0 radical (unpaired) electrons. The summed E-state index contributed by atoms with van der Waals surface area (Å²) in [6, 6.07) is 17.4. The molecule has 3 aromatic rings. The third-order valence-corrected chi connectivity index (χ3v) is 6.20. The minimum absolute atomic E-state index is 0.0851. The maximum atomic E-state index is 13.3. The fraction of sp³-hybridized carbons (Fsp3) is 0.231. The maximum absolute atomic E-state index is 13.3. The van der Waals surface area contributed by atoms with E-state index in [2.05, 4.69) is 11.9 Å². The molecule has 172 valence electrons. The zero-order chi connectivity index (χ0) is 23.6. The van der Waals surface area contributed by atoms with Crippen LogP contribution in [-0.4, -0.2) is 34.8 Å². The average molecular weight is 466 g/mol. The highest BCUT2D eigenvalue weighted by Crippen LogP contribution is 2.20. The van der Waals surface area contributed by atoms with Gasteiger partial charge >= 0.3 is 6.03 Å². The Balaban J connectivity index is 1.71. The van der Waals surface area contributed by atoms with Crippen LogP contribution in [0.5, 0.6) is 0 Å². The van der Waals surface area contributed by atoms with Crippen LogP contribution in [-0.2, 0) is 24.4 Å². The quantitative estimate of drug-likeness (QED) is 0.423. The molecule has 1 heterocycles. The molecule has 3 rings (SSSR count). The Morgan fingerprint density at radius 1 is 1.00 bits per heavy atom. The SMILES string of the molecule is C=CCN(CC(=O)N(Cc1ccc(F)cc1)Cc1sccc1C)C(=O)NCc1ccccc1. The van der Waals surface area contributed by atoms with E-state index in [9.17, 15) is 14.0 Å². The Labute approximate surface area is 198 Å². The molecule has 0 fully saturated rings. The van der Waals surface area contributed by atoms with Crippen molar-refractivity contribution in [3.8, 4) is 0 Å². The number of carbonyl (C=O) groups is 2. The van der Waals surface area contributed by atoms with Gasteiger partial charge in [-0.1, -0.05) is 48.5 Å². The molecule has 0 bridgehead atoms. The summed E-state index contributed by atoms with van der Waals surface area (Å²) >= 11 is 1.59. The van der Waals surface area contributed by atoms with E-state index in [0.717, 1.165) is 21.6 Å². The van der Waals surface area contributed by atoms with Gasteiger partial charge in [-0.05, 0) is 47.2 Å². The second-order valence-corrected chi connectivity index (χ2v) is 8.72. The summed E-state index contributed by atoms with van der Waals surface area (Å²) < 4.78 is 13.3. The summed E-state index contributed by atoms with van der Waals surface area (Å²) in [5.41, 5.74) is 2.91. The number of nitrogens with one attached hydrogen (secondary N) is 1. The van der Waals surface area contributed by atoms with Crippen LogP contribution < -0.4 is 5.32 Å². The summed E-state index contributed by atoms with van der Waals surface area (Å²) in [7, 11) is 0. The van der Waals surface area contributed by atoms with Crippen molar-refractivity contribution in [1.29, 1.82) is 0 Å². The van der Waals surface area contributed by atoms with Gasteiger partial charge in [-0.25, -0.2) is 9.18 Å². The maximum Gasteiger partial charge on any atom is 0.318 e. The molecule has 7 heteroatoms. The Kier molecular flexibility index (Phi) is 8.78. The smallest absolute Gasteiger partial charge is 0.318 e. The highest BCUT2D eigenvalue weighted by Gasteiger charge is 2.22. The lowest BCUT2D eigenvalue weighted by Gasteiger charge is -2.27. The molecule has 33 heavy (non-hydrogen) atoms. The summed E-state index contributed by atoms with van der Waals surface area (Å²) in [6.07, 6.45) is 1.60. The van der Waals surface area contributed by atoms with Crippen molar-refractivity contribution in [2.75, 3.05) is 13.1 Å². The van der Waals surface area contributed by atoms with Crippen molar-refractivity contribution in [1.82, 2.24) is 15.1 Å². The van der Waals surface area contributed by atoms with E-state index in [-0.39, 0.29) is 30.8 Å². The van der Waals surface area contributed by atoms with Gasteiger partial charge in [-0.2, -0.15) is 0 Å². The van der Waals surface area contributed by atoms with Crippen molar-refractivity contribution < 1.29 is 14.0 Å². The first-order chi connectivity index (χ1) is 16.0. The molecule has 0 atom stereocenters. The molecular formula is C26H28FN3O2S. The average Bonchev–Trinajstić information content (AvgIpc) is 3.23. The van der Waals surface area contributed by atoms with Crippen molar-refractivity contribution in [2.45, 2.75) is 26.6 Å². The number of aryl methyl sites for hydroxylation is 1. The molecule has 5 nitrogen and oxygen atoms in total. The first-order valence-corrected chi connectivity index (χ1v) is 11.6. The van der Waals surface area contributed by atoms with Gasteiger partial charge in [0.05, 0.1) is 6.54 Å². The van der Waals surface area contributed by atoms with Gasteiger partial charge in [0.1, 0.15) is 12.4 Å². The van der Waals surface area contributed by atoms with Crippen LogP contribution in [0.3, 0.4) is 0 Å². The number of carbonyl (C=O) groups excluding carboxylic acids is 2. The Morgan fingerprint density at radius 2 is 1.73 bits per heavy atom. The van der Waals surface area contributed by atoms with Gasteiger partial charge in [-0.15, -0.1) is 17.9 Å². The topological polar surface area (TPSA) is 52.7 Å². The van der Waals surface area contributed by atoms with Crippen LogP contribution in [0.2, 0.25) is 0 Å². The van der Waals surface area contributed by atoms with Crippen molar-refractivity contribution in [3.63, 3.8) is 0 Å². The first-order valence-electron chi connectivity index (χ1n) is 10.7. The number of nitrogens with zero attached hydrogens (tertiary/aromatic N) is 2. The zero-order valence-electron chi connectivity index (χ0n) is 18.7. The predicted octanol–water partition coefficient (Wildman–Crippen LogP) is 5.12. The van der Waals surface area contributed by atoms with Crippen LogP contribution in [0, 0.1) is 12.7 Å². The van der Waals surface area contributed by atoms with Gasteiger partial charge < -0.3 is 15.1 Å². The number of hydrogen-bond acceptors (Lipinski definition) is 3. The summed E-state index contributed by atoms with van der Waals surface area (Å²) in [5.74, 6) is -0.512. The second kappa shape index (κ2) is 12.0. The molecule has 0 aliphatic rings. The van der Waals surface area contributed by atoms with Crippen LogP contribution in [0.25, 0.3) is 0 Å². The summed E-state index contributed by atoms with van der Waals surface area (Å²) in [4.78, 5) is 30.3. The molecule has 0 aliphatic heterocycles. The molecule has 1 aromatic heterocycles. The van der Waals surface area contributed by atoms with Gasteiger partial charge in [0.2, 0.25) is 5.91 Å². The number of hydrogen-bond donors (Lipinski definition) is 1. The van der Waals surface area contributed by atoms with Crippen LogP contribution in [0.1, 0.15) is 21.6 Å². The minimum Gasteiger partial charge on any atom is -0.334 e. The molecule has 0 aliphatic carbocycles. The second-order valence-electron chi connectivity index (χ2n) is 7.72. The largest absolute Gasteiger partial charge is 0.334 e. The molecule has 0 saturated heterocycles. The zero-order valence-corrected chi connectivity index (χ0v) is 19.5. The first kappa shape index (κ1) is 24.2. The molecule has 1 N–H and O–H groups in total. The Bertz CT molecular complexity index is 1070. The summed E-state index contributed by atoms with van der Waals surface area (Å²) in [5, 5.41) is 4.86. The predicted molar refractivity (Wildman–Crippen MR) is 130 cm³/mol. The fourth-order valence-electron chi connectivity index (χ4n) is 3.31. The summed E-state index contributed by atoms with van der Waals surface area (Å²) in [6.45, 7) is 7.01. The van der Waals surface area contributed by atoms with Crippen molar-refractivity contribution in [3.05, 3.63) is 106 Å². The van der Waals surface area contributed by atoms with E-state index in [1.807, 2.05) is 48.7 Å². The van der Waals surface area contributed by atoms with Crippen LogP contribution in [0.15, 0.2) is 78.7 Å². The van der Waals surface area contributed by atoms with E-state index >= 15 is 0 Å². The highest BCUT2D eigenvalue weighted by molar-refractivity contribution is 7.10. The van der Waals surface area contributed by atoms with Crippen LogP contribution in [0.4, 0.5) is 9.18 Å². The third-order valence-electron chi connectivity index (χ3n) is 5.19. The lowest BCUT2D eigenvalue weighted by molar-refractivity contribution is -0.133. The van der Waals surface area contributed by atoms with Gasteiger partial charge in [0.15, 0.2) is 0 Å². The van der Waals surface area contributed by atoms with Gasteiger partial charge in [0.25, 0.3) is 0 Å². The lowest BCUT2D eigenvalue weighted by Crippen LogP contribution is -2.46. The number of urea groups is 1. The standard InChI is InChI=1S/C26H28FN3O2S/c1-3-14-29(26(32)28-16-21-7-5-4-6-8-21)19-25(31)30(18-24-20(2)13-15-33-24)17-22-9-11-23(27)12-10-22/h3-13,15H,1,14,16-19H2,2H3,(H,28,32). The fourth-order valence-corrected chi connectivity index (χ4v) is 4.23.